The second-order valence-electron chi connectivity index (χ2n) is 16.3. The van der Waals surface area contributed by atoms with Crippen LogP contribution in [-0.2, 0) is 24.4 Å². The first-order chi connectivity index (χ1) is 27.1. The van der Waals surface area contributed by atoms with Gasteiger partial charge in [0, 0.05) is 18.4 Å². The van der Waals surface area contributed by atoms with Crippen molar-refractivity contribution in [3.05, 3.63) is 35.5 Å². The largest absolute Gasteiger partial charge is 0.497 e. The van der Waals surface area contributed by atoms with Gasteiger partial charge in [0.25, 0.3) is 11.8 Å². The van der Waals surface area contributed by atoms with E-state index in [4.69, 9.17) is 21.1 Å². The summed E-state index contributed by atoms with van der Waals surface area (Å²) in [6.07, 6.45) is -2.91. The van der Waals surface area contributed by atoms with Crippen molar-refractivity contribution >= 4 is 56.5 Å². The topological polar surface area (TPSA) is 197 Å². The summed E-state index contributed by atoms with van der Waals surface area (Å²) in [4.78, 5) is 66.3. The Labute approximate surface area is 339 Å². The molecule has 6 rings (SSSR count). The highest BCUT2D eigenvalue weighted by atomic mass is 35.5. The van der Waals surface area contributed by atoms with Crippen molar-refractivity contribution in [1.29, 1.82) is 0 Å². The number of carbonyl (C=O) groups is 4. The molecule has 1 saturated heterocycles. The Morgan fingerprint density at radius 1 is 1.14 bits per heavy atom. The highest BCUT2D eigenvalue weighted by Crippen LogP contribution is 2.47. The maximum absolute atomic E-state index is 15.1. The van der Waals surface area contributed by atoms with Crippen LogP contribution in [0.5, 0.6) is 11.6 Å². The summed E-state index contributed by atoms with van der Waals surface area (Å²) in [5, 5.41) is 12.3. The molecule has 4 aliphatic rings. The predicted octanol–water partition coefficient (Wildman–Crippen LogP) is 5.22. The molecule has 7 atom stereocenters. The summed E-state index contributed by atoms with van der Waals surface area (Å²) < 4.78 is 83.6. The Morgan fingerprint density at radius 3 is 2.47 bits per heavy atom. The zero-order chi connectivity index (χ0) is 42.5. The van der Waals surface area contributed by atoms with Crippen molar-refractivity contribution in [1.82, 2.24) is 29.8 Å². The third-order valence-corrected chi connectivity index (χ3v) is 13.9. The number of nitrogens with one attached hydrogen (secondary N) is 2. The van der Waals surface area contributed by atoms with E-state index in [2.05, 4.69) is 20.0 Å². The van der Waals surface area contributed by atoms with Gasteiger partial charge in [0.15, 0.2) is 5.15 Å². The number of halogens is 4. The van der Waals surface area contributed by atoms with Crippen LogP contribution in [-0.4, -0.2) is 111 Å². The average Bonchev–Trinajstić information content (AvgIpc) is 4.07. The highest BCUT2D eigenvalue weighted by molar-refractivity contribution is 7.91. The Balaban J connectivity index is 1.43. The molecular formula is C38H48ClF3N6O9S. The molecule has 2 saturated carbocycles. The number of aromatic nitrogens is 2. The number of fused-ring (bicyclic) bond motifs is 3. The second kappa shape index (κ2) is 16.0. The second-order valence-corrected chi connectivity index (χ2v) is 18.6. The summed E-state index contributed by atoms with van der Waals surface area (Å²) in [7, 11) is -2.58. The van der Waals surface area contributed by atoms with E-state index in [0.717, 1.165) is 4.90 Å². The van der Waals surface area contributed by atoms with Gasteiger partial charge >= 0.3 is 12.3 Å². The minimum atomic E-state index is -5.11. The van der Waals surface area contributed by atoms with E-state index in [0.29, 0.717) is 56.3 Å². The minimum Gasteiger partial charge on any atom is -0.497 e. The normalized spacial score (nSPS) is 28.9. The van der Waals surface area contributed by atoms with Crippen molar-refractivity contribution in [2.24, 2.45) is 17.8 Å². The van der Waals surface area contributed by atoms with Gasteiger partial charge in [0.2, 0.25) is 21.8 Å². The monoisotopic (exact) mass is 856 g/mol. The lowest BCUT2D eigenvalue weighted by Crippen LogP contribution is -2.66. The molecule has 2 aromatic rings. The van der Waals surface area contributed by atoms with Crippen molar-refractivity contribution in [3.63, 3.8) is 0 Å². The number of ether oxygens (including phenoxy) is 2. The van der Waals surface area contributed by atoms with E-state index in [1.54, 1.807) is 37.3 Å². The maximum Gasteiger partial charge on any atom is 0.411 e. The van der Waals surface area contributed by atoms with Crippen LogP contribution < -0.4 is 19.5 Å². The van der Waals surface area contributed by atoms with Crippen LogP contribution in [0.3, 0.4) is 0 Å². The molecule has 0 unspecified atom stereocenters. The van der Waals surface area contributed by atoms with Crippen LogP contribution in [0.1, 0.15) is 79.1 Å². The quantitative estimate of drug-likeness (QED) is 0.280. The molecule has 4 amide bonds. The molecule has 3 heterocycles. The Kier molecular flexibility index (Phi) is 11.9. The number of hydrogen-bond donors (Lipinski definition) is 3. The molecule has 20 heteroatoms. The third kappa shape index (κ3) is 8.51. The number of alkyl halides is 3. The average molecular weight is 857 g/mol. The standard InChI is InChI=1S/C38H48ClF3N6O9S/c1-6-21-15-20(2)9-7-8-10-22-18-37(22,34(51)46-58(54,55)25-12-13-25)45-31(49)28-17-24(57-32-30(39)43-26-14-11-23(56-5)16-27(26)44-32)19-47(28)33(50)29(21)48(35(52)53)36(3,4)38(40,41)42/h8,10-11,14,16,20-22,24-25,28-29H,6-7,9,12-13,15,17-19H2,1-5H3,(H,45,49)(H,46,51)(H,52,53)/b10-8-/t20-,21-,22-,24-,28+,29+,37-/m1/s1. The molecule has 0 spiro atoms. The lowest BCUT2D eigenvalue weighted by Gasteiger charge is -2.46. The zero-order valence-electron chi connectivity index (χ0n) is 32.7. The fourth-order valence-electron chi connectivity index (χ4n) is 8.03. The van der Waals surface area contributed by atoms with Crippen molar-refractivity contribution in [3.8, 4) is 11.6 Å². The Bertz CT molecular complexity index is 2100. The number of nitrogens with zero attached hydrogens (tertiary/aromatic N) is 4. The molecule has 58 heavy (non-hydrogen) atoms. The van der Waals surface area contributed by atoms with Gasteiger partial charge in [-0.15, -0.1) is 0 Å². The predicted molar refractivity (Wildman–Crippen MR) is 204 cm³/mol. The SMILES string of the molecule is CC[C@@H]1C[C@H](C)CC/C=C\[C@@H]2C[C@@]2(C(=O)NS(=O)(=O)C2CC2)NC(=O)[C@@H]2C[C@@H](Oc3nc4cc(OC)ccc4nc3Cl)CN2C(=O)[C@H]1N(C(=O)O)C(C)(C)C(F)(F)F. The van der Waals surface area contributed by atoms with E-state index in [1.807, 2.05) is 6.92 Å². The highest BCUT2D eigenvalue weighted by Gasteiger charge is 2.63. The van der Waals surface area contributed by atoms with Crippen LogP contribution in [0.25, 0.3) is 11.0 Å². The van der Waals surface area contributed by atoms with Gasteiger partial charge in [-0.1, -0.05) is 44.0 Å². The fourth-order valence-corrected chi connectivity index (χ4v) is 9.57. The van der Waals surface area contributed by atoms with Gasteiger partial charge in [-0.2, -0.15) is 13.2 Å². The third-order valence-electron chi connectivity index (χ3n) is 11.8. The number of carboxylic acid groups (broad SMARTS) is 1. The van der Waals surface area contributed by atoms with Gasteiger partial charge in [-0.05, 0) is 76.3 Å². The zero-order valence-corrected chi connectivity index (χ0v) is 34.3. The summed E-state index contributed by atoms with van der Waals surface area (Å²) in [6.45, 7) is 4.46. The first-order valence-electron chi connectivity index (χ1n) is 19.3. The first kappa shape index (κ1) is 43.2. The van der Waals surface area contributed by atoms with Crippen molar-refractivity contribution in [2.75, 3.05) is 13.7 Å². The molecule has 1 aromatic carbocycles. The van der Waals surface area contributed by atoms with Gasteiger partial charge in [-0.25, -0.2) is 23.2 Å². The van der Waals surface area contributed by atoms with Crippen molar-refractivity contribution < 1.29 is 55.3 Å². The number of methoxy groups -OCH3 is 1. The lowest BCUT2D eigenvalue weighted by atomic mass is 9.82. The molecule has 3 fully saturated rings. The summed E-state index contributed by atoms with van der Waals surface area (Å²) in [5.74, 6) is -4.40. The molecule has 1 aromatic heterocycles. The molecule has 3 N–H and O–H groups in total. The molecule has 318 valence electrons. The molecule has 2 aliphatic heterocycles. The maximum atomic E-state index is 15.1. The van der Waals surface area contributed by atoms with Gasteiger partial charge in [-0.3, -0.25) is 24.0 Å². The van der Waals surface area contributed by atoms with E-state index in [1.165, 1.54) is 7.11 Å². The first-order valence-corrected chi connectivity index (χ1v) is 21.2. The number of benzene rings is 1. The van der Waals surface area contributed by atoms with E-state index in [-0.39, 0.29) is 47.5 Å². The molecule has 2 aliphatic carbocycles. The van der Waals surface area contributed by atoms with Crippen LogP contribution >= 0.6 is 11.6 Å². The van der Waals surface area contributed by atoms with Crippen LogP contribution in [0.15, 0.2) is 30.4 Å². The van der Waals surface area contributed by atoms with Crippen molar-refractivity contribution in [2.45, 2.75) is 120 Å². The number of carbonyl (C=O) groups excluding carboxylic acids is 3. The Hall–Kier alpha value is -4.39. The molecule has 0 bridgehead atoms. The smallest absolute Gasteiger partial charge is 0.411 e. The van der Waals surface area contributed by atoms with E-state index >= 15 is 4.79 Å². The fraction of sp³-hybridized carbons (Fsp3) is 0.632. The van der Waals surface area contributed by atoms with E-state index < -0.39 is 92.9 Å². The summed E-state index contributed by atoms with van der Waals surface area (Å²) in [5.41, 5.74) is -4.05. The number of sulfonamides is 1. The number of rotatable bonds is 9. The van der Waals surface area contributed by atoms with Gasteiger partial charge < -0.3 is 24.8 Å². The van der Waals surface area contributed by atoms with Crippen LogP contribution in [0.4, 0.5) is 18.0 Å². The van der Waals surface area contributed by atoms with E-state index in [9.17, 15) is 41.1 Å². The van der Waals surface area contributed by atoms with Crippen LogP contribution in [0, 0.1) is 17.8 Å². The summed E-state index contributed by atoms with van der Waals surface area (Å²) >= 11 is 6.47. The minimum absolute atomic E-state index is 0.0380. The molecule has 0 radical (unpaired) electrons. The number of amides is 4. The number of allylic oxidation sites excluding steroid dienone is 1. The molecular weight excluding hydrogens is 809 g/mol. The Morgan fingerprint density at radius 2 is 1.84 bits per heavy atom. The summed E-state index contributed by atoms with van der Waals surface area (Å²) in [6, 6.07) is 1.41. The van der Waals surface area contributed by atoms with Gasteiger partial charge in [0.05, 0.1) is 29.9 Å². The van der Waals surface area contributed by atoms with Crippen LogP contribution in [0.2, 0.25) is 5.15 Å². The number of hydrogen-bond acceptors (Lipinski definition) is 10. The van der Waals surface area contributed by atoms with Gasteiger partial charge in [0.1, 0.15) is 35.0 Å². The molecule has 15 nitrogen and oxygen atoms in total. The lowest BCUT2D eigenvalue weighted by molar-refractivity contribution is -0.222.